The van der Waals surface area contributed by atoms with Crippen LogP contribution in [0.25, 0.3) is 0 Å². The number of sulfone groups is 1. The van der Waals surface area contributed by atoms with Crippen molar-refractivity contribution in [1.29, 1.82) is 0 Å². The highest BCUT2D eigenvalue weighted by atomic mass is 32.2. The molecule has 8 heteroatoms. The van der Waals surface area contributed by atoms with Gasteiger partial charge in [0.15, 0.2) is 21.6 Å². The molecule has 0 bridgehead atoms. The summed E-state index contributed by atoms with van der Waals surface area (Å²) < 4.78 is 39.0. The lowest BCUT2D eigenvalue weighted by molar-refractivity contribution is 0.0998. The molecule has 1 aromatic carbocycles. The number of benzene rings is 1. The number of aliphatic imine (C=N–C) groups is 1. The minimum atomic E-state index is -3.85. The Kier molecular flexibility index (Phi) is 4.74. The Hall–Kier alpha value is -1.96. The van der Waals surface area contributed by atoms with Crippen molar-refractivity contribution in [3.05, 3.63) is 29.1 Å². The summed E-state index contributed by atoms with van der Waals surface area (Å²) in [6.45, 7) is 2.01. The molecule has 1 saturated carbocycles. The van der Waals surface area contributed by atoms with Gasteiger partial charge in [0, 0.05) is 6.26 Å². The zero-order valence-electron chi connectivity index (χ0n) is 13.0. The third-order valence-electron chi connectivity index (χ3n) is 4.22. The van der Waals surface area contributed by atoms with Crippen LogP contribution in [0.2, 0.25) is 0 Å². The van der Waals surface area contributed by atoms with E-state index in [2.05, 4.69) is 4.99 Å². The number of amides is 1. The Bertz CT molecular complexity index is 770. The number of hydrogen-bond donors (Lipinski definition) is 2. The van der Waals surface area contributed by atoms with E-state index in [4.69, 9.17) is 11.5 Å². The van der Waals surface area contributed by atoms with Crippen molar-refractivity contribution in [3.63, 3.8) is 0 Å². The topological polar surface area (TPSA) is 116 Å². The fourth-order valence-corrected chi connectivity index (χ4v) is 4.27. The molecule has 0 aromatic heterocycles. The third kappa shape index (κ3) is 3.52. The Balaban J connectivity index is 2.66. The van der Waals surface area contributed by atoms with Gasteiger partial charge in [0.05, 0.1) is 5.56 Å². The van der Waals surface area contributed by atoms with Crippen molar-refractivity contribution in [2.24, 2.45) is 22.4 Å². The summed E-state index contributed by atoms with van der Waals surface area (Å²) in [6, 6.07) is 2.75. The van der Waals surface area contributed by atoms with Gasteiger partial charge in [-0.25, -0.2) is 12.8 Å². The van der Waals surface area contributed by atoms with Crippen LogP contribution in [0, 0.1) is 11.7 Å². The maximum absolute atomic E-state index is 14.8. The molecule has 0 spiro atoms. The second-order valence-corrected chi connectivity index (χ2v) is 7.93. The van der Waals surface area contributed by atoms with Gasteiger partial charge in [-0.05, 0) is 29.9 Å². The highest BCUT2D eigenvalue weighted by molar-refractivity contribution is 7.90. The second kappa shape index (κ2) is 6.27. The summed E-state index contributed by atoms with van der Waals surface area (Å²) in [5.41, 5.74) is 10.2. The molecule has 0 heterocycles. The van der Waals surface area contributed by atoms with Crippen LogP contribution in [0.15, 0.2) is 22.0 Å². The van der Waals surface area contributed by atoms with Crippen LogP contribution in [-0.4, -0.2) is 26.5 Å². The number of carbonyl (C=O) groups excluding carboxylic acids is 1. The smallest absolute Gasteiger partial charge is 0.283 e. The Morgan fingerprint density at radius 1 is 1.30 bits per heavy atom. The largest absolute Gasteiger partial charge is 0.370 e. The molecule has 2 atom stereocenters. The van der Waals surface area contributed by atoms with Crippen molar-refractivity contribution in [2.75, 3.05) is 6.26 Å². The first kappa shape index (κ1) is 17.4. The molecule has 2 unspecified atom stereocenters. The summed E-state index contributed by atoms with van der Waals surface area (Å²) in [7, 11) is -3.85. The number of hydrogen-bond acceptors (Lipinski definition) is 3. The van der Waals surface area contributed by atoms with Crippen LogP contribution in [0.4, 0.5) is 4.39 Å². The number of carbonyl (C=O) groups is 1. The maximum Gasteiger partial charge on any atom is 0.283 e. The summed E-state index contributed by atoms with van der Waals surface area (Å²) in [5, 5.41) is 0. The first-order chi connectivity index (χ1) is 10.6. The number of nitrogens with two attached hydrogens (primary N) is 2. The van der Waals surface area contributed by atoms with E-state index in [1.54, 1.807) is 0 Å². The van der Waals surface area contributed by atoms with Crippen LogP contribution < -0.4 is 11.5 Å². The van der Waals surface area contributed by atoms with Crippen molar-refractivity contribution >= 4 is 21.7 Å². The number of rotatable bonds is 3. The van der Waals surface area contributed by atoms with Crippen LogP contribution in [0.5, 0.6) is 0 Å². The van der Waals surface area contributed by atoms with Gasteiger partial charge in [-0.3, -0.25) is 4.79 Å². The number of nitrogens with zero attached hydrogens (tertiary/aromatic N) is 1. The van der Waals surface area contributed by atoms with Gasteiger partial charge in [-0.1, -0.05) is 25.8 Å². The predicted molar refractivity (Wildman–Crippen MR) is 85.4 cm³/mol. The van der Waals surface area contributed by atoms with Gasteiger partial charge in [0.1, 0.15) is 4.90 Å². The van der Waals surface area contributed by atoms with E-state index in [0.717, 1.165) is 25.5 Å². The van der Waals surface area contributed by atoms with Crippen LogP contribution >= 0.6 is 0 Å². The molecule has 1 fully saturated rings. The molecule has 1 amide bonds. The minimum absolute atomic E-state index is 0.0403. The van der Waals surface area contributed by atoms with Gasteiger partial charge >= 0.3 is 0 Å². The van der Waals surface area contributed by atoms with E-state index in [0.29, 0.717) is 5.56 Å². The highest BCUT2D eigenvalue weighted by Crippen LogP contribution is 2.42. The normalized spacial score (nSPS) is 21.2. The molecule has 0 radical (unpaired) electrons. The summed E-state index contributed by atoms with van der Waals surface area (Å²) in [6.07, 6.45) is 3.66. The van der Waals surface area contributed by atoms with Gasteiger partial charge in [0.25, 0.3) is 5.91 Å². The van der Waals surface area contributed by atoms with E-state index < -0.39 is 38.0 Å². The second-order valence-electron chi connectivity index (χ2n) is 5.97. The van der Waals surface area contributed by atoms with E-state index in [1.807, 2.05) is 6.92 Å². The number of guanidine groups is 1. The fourth-order valence-electron chi connectivity index (χ4n) is 3.19. The van der Waals surface area contributed by atoms with E-state index in [1.165, 1.54) is 12.1 Å². The summed E-state index contributed by atoms with van der Waals surface area (Å²) >= 11 is 0. The highest BCUT2D eigenvalue weighted by Gasteiger charge is 2.32. The van der Waals surface area contributed by atoms with Crippen LogP contribution in [0.1, 0.15) is 48.0 Å². The predicted octanol–water partition coefficient (Wildman–Crippen LogP) is 1.55. The Labute approximate surface area is 134 Å². The van der Waals surface area contributed by atoms with E-state index in [9.17, 15) is 17.6 Å². The molecule has 2 rings (SSSR count). The molecule has 1 aliphatic rings. The first-order valence-electron chi connectivity index (χ1n) is 7.29. The fraction of sp³-hybridized carbons (Fsp3) is 0.467. The average molecular weight is 341 g/mol. The summed E-state index contributed by atoms with van der Waals surface area (Å²) in [5.74, 6) is -2.38. The monoisotopic (exact) mass is 341 g/mol. The molecule has 126 valence electrons. The average Bonchev–Trinajstić information content (AvgIpc) is 2.81. The molecule has 4 N–H and O–H groups in total. The van der Waals surface area contributed by atoms with Crippen molar-refractivity contribution in [3.8, 4) is 0 Å². The van der Waals surface area contributed by atoms with Gasteiger partial charge < -0.3 is 11.5 Å². The standard InChI is InChI=1S/C15H20FN3O3S/c1-8-4-3-5-9(8)10-6-7-11(14(20)19-15(17)18)12(16)13(10)23(2,21)22/h6-9H,3-5H2,1-2H3,(H4,17,18,19,20). The van der Waals surface area contributed by atoms with E-state index >= 15 is 0 Å². The van der Waals surface area contributed by atoms with Crippen LogP contribution in [-0.2, 0) is 9.84 Å². The first-order valence-corrected chi connectivity index (χ1v) is 9.18. The lowest BCUT2D eigenvalue weighted by Crippen LogP contribution is -2.24. The molecule has 6 nitrogen and oxygen atoms in total. The molecular formula is C15H20FN3O3S. The zero-order chi connectivity index (χ0) is 17.4. The van der Waals surface area contributed by atoms with Gasteiger partial charge in [-0.2, -0.15) is 4.99 Å². The Morgan fingerprint density at radius 2 is 1.96 bits per heavy atom. The molecule has 23 heavy (non-hydrogen) atoms. The Morgan fingerprint density at radius 3 is 2.43 bits per heavy atom. The van der Waals surface area contributed by atoms with Crippen molar-refractivity contribution < 1.29 is 17.6 Å². The molecule has 1 aliphatic carbocycles. The molecule has 0 aliphatic heterocycles. The lowest BCUT2D eigenvalue weighted by Gasteiger charge is -2.20. The maximum atomic E-state index is 14.8. The van der Waals surface area contributed by atoms with Gasteiger partial charge in [-0.15, -0.1) is 0 Å². The molecule has 1 aromatic rings. The van der Waals surface area contributed by atoms with Crippen LogP contribution in [0.3, 0.4) is 0 Å². The quantitative estimate of drug-likeness (QED) is 0.639. The molecular weight excluding hydrogens is 321 g/mol. The third-order valence-corrected chi connectivity index (χ3v) is 5.38. The SMILES string of the molecule is CC1CCCC1c1ccc(C(=O)N=C(N)N)c(F)c1S(C)(=O)=O. The van der Waals surface area contributed by atoms with Crippen molar-refractivity contribution in [1.82, 2.24) is 0 Å². The van der Waals surface area contributed by atoms with Crippen molar-refractivity contribution in [2.45, 2.75) is 37.0 Å². The number of halogens is 1. The summed E-state index contributed by atoms with van der Waals surface area (Å²) in [4.78, 5) is 14.7. The lowest BCUT2D eigenvalue weighted by atomic mass is 9.89. The zero-order valence-corrected chi connectivity index (χ0v) is 13.9. The van der Waals surface area contributed by atoms with Gasteiger partial charge in [0.2, 0.25) is 0 Å². The minimum Gasteiger partial charge on any atom is -0.370 e. The van der Waals surface area contributed by atoms with E-state index in [-0.39, 0.29) is 11.8 Å². The molecule has 0 saturated heterocycles.